The number of hydrogen-bond acceptors (Lipinski definition) is 2. The summed E-state index contributed by atoms with van der Waals surface area (Å²) >= 11 is 0. The first-order valence-electron chi connectivity index (χ1n) is 10.2. The van der Waals surface area contributed by atoms with Crippen LogP contribution in [0.3, 0.4) is 0 Å². The summed E-state index contributed by atoms with van der Waals surface area (Å²) in [4.78, 5) is 0. The van der Waals surface area contributed by atoms with Gasteiger partial charge in [-0.3, -0.25) is 0 Å². The minimum absolute atomic E-state index is 0.117. The van der Waals surface area contributed by atoms with E-state index in [0.29, 0.717) is 25.0 Å². The van der Waals surface area contributed by atoms with Gasteiger partial charge < -0.3 is 9.47 Å². The van der Waals surface area contributed by atoms with E-state index in [1.807, 2.05) is 0 Å². The number of rotatable bonds is 6. The van der Waals surface area contributed by atoms with Crippen molar-refractivity contribution in [2.75, 3.05) is 0 Å². The molecule has 0 amide bonds. The predicted octanol–water partition coefficient (Wildman–Crippen LogP) is 6.97. The first-order chi connectivity index (χ1) is 13.6. The van der Waals surface area contributed by atoms with Crippen LogP contribution < -0.4 is 4.74 Å². The lowest BCUT2D eigenvalue weighted by Gasteiger charge is -2.35. The highest BCUT2D eigenvalue weighted by Crippen LogP contribution is 2.44. The summed E-state index contributed by atoms with van der Waals surface area (Å²) in [6.45, 7) is 2.10. The van der Waals surface area contributed by atoms with Crippen LogP contribution in [-0.4, -0.2) is 18.3 Å². The zero-order chi connectivity index (χ0) is 21.2. The van der Waals surface area contributed by atoms with Gasteiger partial charge in [-0.15, -0.1) is 0 Å². The second-order valence-electron chi connectivity index (χ2n) is 8.08. The van der Waals surface area contributed by atoms with E-state index in [9.17, 15) is 26.3 Å². The molecule has 0 bridgehead atoms. The molecule has 1 saturated heterocycles. The van der Waals surface area contributed by atoms with Crippen molar-refractivity contribution in [1.82, 2.24) is 0 Å². The summed E-state index contributed by atoms with van der Waals surface area (Å²) in [6.07, 6.45) is -2.39. The molecule has 2 atom stereocenters. The van der Waals surface area contributed by atoms with Gasteiger partial charge in [-0.25, -0.2) is 4.39 Å². The molecule has 0 radical (unpaired) electrons. The Morgan fingerprint density at radius 1 is 1.00 bits per heavy atom. The van der Waals surface area contributed by atoms with Crippen molar-refractivity contribution in [2.24, 2.45) is 11.8 Å². The van der Waals surface area contributed by atoms with Crippen molar-refractivity contribution in [2.45, 2.75) is 82.8 Å². The van der Waals surface area contributed by atoms with Crippen LogP contribution in [0.15, 0.2) is 18.2 Å². The molecule has 3 rings (SSSR count). The molecule has 1 aliphatic heterocycles. The standard InChI is InChI=1S/C21H26F6O2/c1-2-3-15-9-11-19(28-15)13-4-6-14(7-5-13)21(26,27)29-16-8-10-17(18(22)12-16)20(23,24)25/h8,10,12-15,19H,2-7,9,11H2,1H3. The van der Waals surface area contributed by atoms with E-state index in [1.54, 1.807) is 0 Å². The van der Waals surface area contributed by atoms with Gasteiger partial charge in [-0.2, -0.15) is 22.0 Å². The van der Waals surface area contributed by atoms with Crippen LogP contribution in [0, 0.1) is 17.7 Å². The van der Waals surface area contributed by atoms with E-state index in [1.165, 1.54) is 0 Å². The zero-order valence-electron chi connectivity index (χ0n) is 16.3. The molecule has 0 aromatic heterocycles. The van der Waals surface area contributed by atoms with E-state index >= 15 is 0 Å². The van der Waals surface area contributed by atoms with Gasteiger partial charge >= 0.3 is 12.3 Å². The first-order valence-corrected chi connectivity index (χ1v) is 10.2. The van der Waals surface area contributed by atoms with Crippen LogP contribution in [0.4, 0.5) is 26.3 Å². The molecule has 2 unspecified atom stereocenters. The third kappa shape index (κ3) is 5.38. The Kier molecular flexibility index (Phi) is 6.70. The van der Waals surface area contributed by atoms with Gasteiger partial charge in [0.2, 0.25) is 0 Å². The van der Waals surface area contributed by atoms with Crippen LogP contribution in [-0.2, 0) is 10.9 Å². The van der Waals surface area contributed by atoms with Gasteiger partial charge in [0, 0.05) is 6.07 Å². The highest BCUT2D eigenvalue weighted by molar-refractivity contribution is 5.30. The van der Waals surface area contributed by atoms with Gasteiger partial charge in [-0.05, 0) is 63.0 Å². The lowest BCUT2D eigenvalue weighted by molar-refractivity contribution is -0.225. The molecular weight excluding hydrogens is 398 g/mol. The predicted molar refractivity (Wildman–Crippen MR) is 95.2 cm³/mol. The molecular formula is C21H26F6O2. The largest absolute Gasteiger partial charge is 0.432 e. The van der Waals surface area contributed by atoms with Crippen molar-refractivity contribution in [3.8, 4) is 5.75 Å². The fraction of sp³-hybridized carbons (Fsp3) is 0.714. The average molecular weight is 424 g/mol. The summed E-state index contributed by atoms with van der Waals surface area (Å²) in [5.74, 6) is -3.05. The van der Waals surface area contributed by atoms with Crippen molar-refractivity contribution >= 4 is 0 Å². The molecule has 2 fully saturated rings. The molecule has 1 aromatic rings. The van der Waals surface area contributed by atoms with Gasteiger partial charge in [-0.1, -0.05) is 13.3 Å². The average Bonchev–Trinajstić information content (AvgIpc) is 3.09. The monoisotopic (exact) mass is 424 g/mol. The normalized spacial score (nSPS) is 28.5. The second kappa shape index (κ2) is 8.74. The highest BCUT2D eigenvalue weighted by atomic mass is 19.4. The lowest BCUT2D eigenvalue weighted by Crippen LogP contribution is -2.38. The van der Waals surface area contributed by atoms with Gasteiger partial charge in [0.15, 0.2) is 0 Å². The van der Waals surface area contributed by atoms with Crippen molar-refractivity contribution in [1.29, 1.82) is 0 Å². The Labute approximate surface area is 166 Å². The van der Waals surface area contributed by atoms with Gasteiger partial charge in [0.1, 0.15) is 11.6 Å². The first kappa shape index (κ1) is 22.2. The van der Waals surface area contributed by atoms with E-state index in [0.717, 1.165) is 31.7 Å². The van der Waals surface area contributed by atoms with E-state index in [4.69, 9.17) is 4.74 Å². The maximum absolute atomic E-state index is 14.5. The Morgan fingerprint density at radius 2 is 1.69 bits per heavy atom. The highest BCUT2D eigenvalue weighted by Gasteiger charge is 2.46. The summed E-state index contributed by atoms with van der Waals surface area (Å²) in [5.41, 5.74) is -1.51. The SMILES string of the molecule is CCCC1CCC(C2CCC(C(F)(F)Oc3ccc(C(F)(F)F)c(F)c3)CC2)O1. The van der Waals surface area contributed by atoms with Gasteiger partial charge in [0.25, 0.3) is 0 Å². The zero-order valence-corrected chi connectivity index (χ0v) is 16.3. The maximum Gasteiger partial charge on any atom is 0.419 e. The minimum Gasteiger partial charge on any atom is -0.432 e. The Hall–Kier alpha value is -1.44. The number of benzene rings is 1. The number of hydrogen-bond donors (Lipinski definition) is 0. The smallest absolute Gasteiger partial charge is 0.419 e. The molecule has 8 heteroatoms. The number of halogens is 6. The van der Waals surface area contributed by atoms with E-state index < -0.39 is 35.3 Å². The summed E-state index contributed by atoms with van der Waals surface area (Å²) in [7, 11) is 0. The minimum atomic E-state index is -4.89. The summed E-state index contributed by atoms with van der Waals surface area (Å²) in [6, 6.07) is 1.51. The number of ether oxygens (including phenoxy) is 2. The molecule has 1 aromatic carbocycles. The van der Waals surface area contributed by atoms with Gasteiger partial charge in [0.05, 0.1) is 23.7 Å². The fourth-order valence-corrected chi connectivity index (χ4v) is 4.47. The quantitative estimate of drug-likeness (QED) is 0.459. The topological polar surface area (TPSA) is 18.5 Å². The fourth-order valence-electron chi connectivity index (χ4n) is 4.47. The number of alkyl halides is 5. The maximum atomic E-state index is 14.5. The molecule has 2 nitrogen and oxygen atoms in total. The van der Waals surface area contributed by atoms with Crippen LogP contribution >= 0.6 is 0 Å². The molecule has 1 heterocycles. The Balaban J connectivity index is 1.55. The van der Waals surface area contributed by atoms with Crippen LogP contribution in [0.5, 0.6) is 5.75 Å². The molecule has 164 valence electrons. The van der Waals surface area contributed by atoms with Crippen LogP contribution in [0.1, 0.15) is 63.9 Å². The lowest BCUT2D eigenvalue weighted by atomic mass is 9.78. The third-order valence-electron chi connectivity index (χ3n) is 6.02. The third-order valence-corrected chi connectivity index (χ3v) is 6.02. The van der Waals surface area contributed by atoms with Crippen molar-refractivity contribution in [3.63, 3.8) is 0 Å². The van der Waals surface area contributed by atoms with Crippen LogP contribution in [0.25, 0.3) is 0 Å². The molecule has 29 heavy (non-hydrogen) atoms. The summed E-state index contributed by atoms with van der Waals surface area (Å²) in [5, 5.41) is 0. The molecule has 0 spiro atoms. The molecule has 0 N–H and O–H groups in total. The van der Waals surface area contributed by atoms with E-state index in [-0.39, 0.29) is 31.0 Å². The second-order valence-corrected chi connectivity index (χ2v) is 8.08. The van der Waals surface area contributed by atoms with Crippen LogP contribution in [0.2, 0.25) is 0 Å². The van der Waals surface area contributed by atoms with Crippen molar-refractivity contribution in [3.05, 3.63) is 29.6 Å². The molecule has 1 aliphatic carbocycles. The molecule has 2 aliphatic rings. The van der Waals surface area contributed by atoms with E-state index in [2.05, 4.69) is 11.7 Å². The van der Waals surface area contributed by atoms with Crippen molar-refractivity contribution < 1.29 is 35.8 Å². The molecule has 1 saturated carbocycles. The Bertz CT molecular complexity index is 682. The summed E-state index contributed by atoms with van der Waals surface area (Å²) < 4.78 is 91.2. The Morgan fingerprint density at radius 3 is 2.28 bits per heavy atom.